The van der Waals surface area contributed by atoms with E-state index in [0.29, 0.717) is 17.0 Å². The van der Waals surface area contributed by atoms with Crippen LogP contribution in [0.3, 0.4) is 0 Å². The smallest absolute Gasteiger partial charge is 0.105 e. The van der Waals surface area contributed by atoms with E-state index in [1.807, 2.05) is 0 Å². The van der Waals surface area contributed by atoms with Crippen molar-refractivity contribution in [2.75, 3.05) is 0 Å². The molecule has 0 bridgehead atoms. The van der Waals surface area contributed by atoms with Crippen LogP contribution in [0.25, 0.3) is 0 Å². The first-order chi connectivity index (χ1) is 11.3. The Morgan fingerprint density at radius 3 is 2.78 bits per heavy atom. The minimum Gasteiger partial charge on any atom is -0.192 e. The summed E-state index contributed by atoms with van der Waals surface area (Å²) in [6.07, 6.45) is 13.1. The van der Waals surface area contributed by atoms with Crippen LogP contribution in [0.5, 0.6) is 0 Å². The quantitative estimate of drug-likeness (QED) is 0.757. The second-order valence-electron chi connectivity index (χ2n) is 6.06. The lowest BCUT2D eigenvalue weighted by atomic mass is 9.72. The number of benzene rings is 1. The lowest BCUT2D eigenvalue weighted by Crippen LogP contribution is -2.23. The molecule has 1 aliphatic heterocycles. The molecule has 0 saturated carbocycles. The molecular weight excluding hydrogens is 284 g/mol. The Morgan fingerprint density at radius 1 is 1.13 bits per heavy atom. The third-order valence-electron chi connectivity index (χ3n) is 4.85. The van der Waals surface area contributed by atoms with Gasteiger partial charge in [-0.3, -0.25) is 0 Å². The van der Waals surface area contributed by atoms with E-state index in [4.69, 9.17) is 5.26 Å². The van der Waals surface area contributed by atoms with Crippen molar-refractivity contribution in [3.63, 3.8) is 0 Å². The first-order valence-corrected chi connectivity index (χ1v) is 7.75. The first kappa shape index (κ1) is 13.7. The van der Waals surface area contributed by atoms with E-state index in [-0.39, 0.29) is 12.0 Å². The Kier molecular flexibility index (Phi) is 3.17. The SMILES string of the molecule is N#Cc1cc2c(cc1C#N)C(C1C=CC=C3C=CCCC31)N=N2. The highest BCUT2D eigenvalue weighted by Crippen LogP contribution is 2.48. The summed E-state index contributed by atoms with van der Waals surface area (Å²) in [5.74, 6) is 0.700. The van der Waals surface area contributed by atoms with Crippen molar-refractivity contribution in [3.05, 3.63) is 64.8 Å². The molecule has 1 heterocycles. The van der Waals surface area contributed by atoms with Gasteiger partial charge in [0.15, 0.2) is 0 Å². The highest BCUT2D eigenvalue weighted by molar-refractivity contribution is 5.61. The Balaban J connectivity index is 1.75. The average molecular weight is 298 g/mol. The molecule has 1 aromatic rings. The van der Waals surface area contributed by atoms with E-state index in [0.717, 1.165) is 24.1 Å². The molecule has 110 valence electrons. The largest absolute Gasteiger partial charge is 0.192 e. The maximum Gasteiger partial charge on any atom is 0.105 e. The number of allylic oxidation sites excluding steroid dienone is 5. The number of nitriles is 2. The summed E-state index contributed by atoms with van der Waals surface area (Å²) in [6.45, 7) is 0. The van der Waals surface area contributed by atoms with Gasteiger partial charge in [0.2, 0.25) is 0 Å². The van der Waals surface area contributed by atoms with Crippen LogP contribution in [0, 0.1) is 34.5 Å². The highest BCUT2D eigenvalue weighted by Gasteiger charge is 2.36. The normalized spacial score (nSPS) is 26.9. The molecule has 3 aliphatic rings. The minimum atomic E-state index is -0.0682. The third kappa shape index (κ3) is 2.12. The van der Waals surface area contributed by atoms with Crippen LogP contribution in [0.2, 0.25) is 0 Å². The van der Waals surface area contributed by atoms with Crippen molar-refractivity contribution < 1.29 is 0 Å². The standard InChI is InChI=1S/C19H14N4/c20-10-13-8-17-18(9-14(13)11-21)22-23-19(17)16-7-3-5-12-4-1-2-6-15(12)16/h1,3-5,7-9,15-16,19H,2,6H2. The predicted octanol–water partition coefficient (Wildman–Crippen LogP) is 4.65. The van der Waals surface area contributed by atoms with Gasteiger partial charge in [-0.25, -0.2) is 0 Å². The average Bonchev–Trinajstić information content (AvgIpc) is 3.02. The van der Waals surface area contributed by atoms with Gasteiger partial charge in [-0.2, -0.15) is 20.8 Å². The maximum absolute atomic E-state index is 9.27. The predicted molar refractivity (Wildman–Crippen MR) is 85.7 cm³/mol. The van der Waals surface area contributed by atoms with Gasteiger partial charge in [-0.05, 0) is 36.5 Å². The topological polar surface area (TPSA) is 72.3 Å². The Bertz CT molecular complexity index is 874. The molecule has 4 nitrogen and oxygen atoms in total. The van der Waals surface area contributed by atoms with Gasteiger partial charge in [0.1, 0.15) is 18.2 Å². The van der Waals surface area contributed by atoms with Crippen molar-refractivity contribution in [1.29, 1.82) is 10.5 Å². The lowest BCUT2D eigenvalue weighted by molar-refractivity contribution is 0.365. The second kappa shape index (κ2) is 5.34. The van der Waals surface area contributed by atoms with Crippen molar-refractivity contribution in [3.8, 4) is 12.1 Å². The molecule has 23 heavy (non-hydrogen) atoms. The number of fused-ring (bicyclic) bond motifs is 2. The van der Waals surface area contributed by atoms with Gasteiger partial charge in [0, 0.05) is 11.5 Å². The molecule has 2 aliphatic carbocycles. The number of nitrogens with zero attached hydrogens (tertiary/aromatic N) is 4. The first-order valence-electron chi connectivity index (χ1n) is 7.75. The molecule has 4 heteroatoms. The number of hydrogen-bond acceptors (Lipinski definition) is 4. The molecule has 0 N–H and O–H groups in total. The Hall–Kier alpha value is -2.98. The van der Waals surface area contributed by atoms with E-state index in [1.165, 1.54) is 5.57 Å². The number of hydrogen-bond donors (Lipinski definition) is 0. The molecule has 0 fully saturated rings. The fraction of sp³-hybridized carbons (Fsp3) is 0.263. The fourth-order valence-corrected chi connectivity index (χ4v) is 3.72. The Labute approximate surface area is 134 Å². The summed E-state index contributed by atoms with van der Waals surface area (Å²) in [6, 6.07) is 7.58. The number of azo groups is 1. The van der Waals surface area contributed by atoms with E-state index >= 15 is 0 Å². The van der Waals surface area contributed by atoms with Crippen LogP contribution in [0.4, 0.5) is 5.69 Å². The molecule has 1 aromatic carbocycles. The Morgan fingerprint density at radius 2 is 1.96 bits per heavy atom. The highest BCUT2D eigenvalue weighted by atomic mass is 15.2. The van der Waals surface area contributed by atoms with Gasteiger partial charge in [-0.15, -0.1) is 0 Å². The van der Waals surface area contributed by atoms with E-state index < -0.39 is 0 Å². The maximum atomic E-state index is 9.27. The summed E-state index contributed by atoms with van der Waals surface area (Å²) in [7, 11) is 0. The minimum absolute atomic E-state index is 0.0682. The van der Waals surface area contributed by atoms with E-state index in [2.05, 4.69) is 52.7 Å². The fourth-order valence-electron chi connectivity index (χ4n) is 3.72. The molecule has 0 saturated heterocycles. The van der Waals surface area contributed by atoms with Crippen LogP contribution >= 0.6 is 0 Å². The van der Waals surface area contributed by atoms with Crippen LogP contribution in [-0.4, -0.2) is 0 Å². The van der Waals surface area contributed by atoms with E-state index in [1.54, 1.807) is 12.1 Å². The molecule has 3 atom stereocenters. The van der Waals surface area contributed by atoms with Crippen LogP contribution in [0.15, 0.2) is 58.3 Å². The molecule has 0 spiro atoms. The van der Waals surface area contributed by atoms with Gasteiger partial charge in [0.05, 0.1) is 16.8 Å². The molecule has 3 unspecified atom stereocenters. The summed E-state index contributed by atoms with van der Waals surface area (Å²) < 4.78 is 0. The zero-order chi connectivity index (χ0) is 15.8. The number of rotatable bonds is 1. The van der Waals surface area contributed by atoms with Gasteiger partial charge in [-0.1, -0.05) is 30.4 Å². The van der Waals surface area contributed by atoms with Crippen molar-refractivity contribution in [1.82, 2.24) is 0 Å². The molecule has 0 radical (unpaired) electrons. The van der Waals surface area contributed by atoms with Crippen LogP contribution in [-0.2, 0) is 0 Å². The van der Waals surface area contributed by atoms with Crippen molar-refractivity contribution >= 4 is 5.69 Å². The van der Waals surface area contributed by atoms with Gasteiger partial charge < -0.3 is 0 Å². The molecule has 0 amide bonds. The van der Waals surface area contributed by atoms with Crippen molar-refractivity contribution in [2.45, 2.75) is 18.9 Å². The van der Waals surface area contributed by atoms with Crippen molar-refractivity contribution in [2.24, 2.45) is 22.1 Å². The second-order valence-corrected chi connectivity index (χ2v) is 6.06. The van der Waals surface area contributed by atoms with Crippen LogP contribution < -0.4 is 0 Å². The summed E-state index contributed by atoms with van der Waals surface area (Å²) >= 11 is 0. The molecule has 4 rings (SSSR count). The van der Waals surface area contributed by atoms with Gasteiger partial charge in [0.25, 0.3) is 0 Å². The zero-order valence-corrected chi connectivity index (χ0v) is 12.5. The zero-order valence-electron chi connectivity index (χ0n) is 12.5. The molecular formula is C19H14N4. The summed E-state index contributed by atoms with van der Waals surface area (Å²) in [5, 5.41) is 27.2. The summed E-state index contributed by atoms with van der Waals surface area (Å²) in [5.41, 5.74) is 3.81. The lowest BCUT2D eigenvalue weighted by Gasteiger charge is -2.32. The molecule has 0 aromatic heterocycles. The monoisotopic (exact) mass is 298 g/mol. The van der Waals surface area contributed by atoms with E-state index in [9.17, 15) is 5.26 Å². The van der Waals surface area contributed by atoms with Gasteiger partial charge >= 0.3 is 0 Å². The van der Waals surface area contributed by atoms with Crippen LogP contribution in [0.1, 0.15) is 35.6 Å². The summed E-state index contributed by atoms with van der Waals surface area (Å²) in [4.78, 5) is 0. The third-order valence-corrected chi connectivity index (χ3v) is 4.85.